The van der Waals surface area contributed by atoms with Gasteiger partial charge in [-0.25, -0.2) is 0 Å². The van der Waals surface area contributed by atoms with Crippen molar-refractivity contribution in [2.75, 3.05) is 19.7 Å². The standard InChI is InChI=1S/C12H15Cl2NO/c13-11-2-1-10(12(14)5-11)8-16-7-9-3-4-15-6-9/h1-2,5,9,15H,3-4,6-8H2. The van der Waals surface area contributed by atoms with Gasteiger partial charge in [-0.1, -0.05) is 29.3 Å². The summed E-state index contributed by atoms with van der Waals surface area (Å²) in [5, 5.41) is 4.66. The fraction of sp³-hybridized carbons (Fsp3) is 0.500. The van der Waals surface area contributed by atoms with Crippen LogP contribution < -0.4 is 5.32 Å². The molecule has 0 spiro atoms. The van der Waals surface area contributed by atoms with Crippen LogP contribution in [0.4, 0.5) is 0 Å². The number of ether oxygens (including phenoxy) is 1. The Labute approximate surface area is 106 Å². The van der Waals surface area contributed by atoms with Crippen LogP contribution in [0.25, 0.3) is 0 Å². The first-order valence-electron chi connectivity index (χ1n) is 5.48. The molecule has 1 aromatic carbocycles. The maximum atomic E-state index is 6.05. The average molecular weight is 260 g/mol. The molecule has 16 heavy (non-hydrogen) atoms. The molecular weight excluding hydrogens is 245 g/mol. The summed E-state index contributed by atoms with van der Waals surface area (Å²) in [7, 11) is 0. The van der Waals surface area contributed by atoms with Crippen LogP contribution in [0.2, 0.25) is 10.0 Å². The molecule has 0 bridgehead atoms. The van der Waals surface area contributed by atoms with Crippen molar-refractivity contribution in [1.82, 2.24) is 5.32 Å². The third-order valence-electron chi connectivity index (χ3n) is 2.79. The van der Waals surface area contributed by atoms with Gasteiger partial charge in [0, 0.05) is 16.6 Å². The van der Waals surface area contributed by atoms with Crippen molar-refractivity contribution in [1.29, 1.82) is 0 Å². The molecule has 1 N–H and O–H groups in total. The zero-order valence-electron chi connectivity index (χ0n) is 9.01. The van der Waals surface area contributed by atoms with E-state index in [1.807, 2.05) is 12.1 Å². The van der Waals surface area contributed by atoms with E-state index in [9.17, 15) is 0 Å². The number of halogens is 2. The van der Waals surface area contributed by atoms with E-state index in [-0.39, 0.29) is 0 Å². The Morgan fingerprint density at radius 2 is 2.25 bits per heavy atom. The molecule has 1 atom stereocenters. The Hall–Kier alpha value is -0.280. The fourth-order valence-electron chi connectivity index (χ4n) is 1.83. The summed E-state index contributed by atoms with van der Waals surface area (Å²) in [4.78, 5) is 0. The highest BCUT2D eigenvalue weighted by atomic mass is 35.5. The van der Waals surface area contributed by atoms with Gasteiger partial charge in [-0.05, 0) is 36.6 Å². The van der Waals surface area contributed by atoms with Crippen molar-refractivity contribution in [3.8, 4) is 0 Å². The van der Waals surface area contributed by atoms with Gasteiger partial charge in [-0.2, -0.15) is 0 Å². The number of nitrogens with one attached hydrogen (secondary N) is 1. The summed E-state index contributed by atoms with van der Waals surface area (Å²) in [6.07, 6.45) is 1.20. The van der Waals surface area contributed by atoms with E-state index in [1.54, 1.807) is 6.07 Å². The van der Waals surface area contributed by atoms with Gasteiger partial charge in [-0.15, -0.1) is 0 Å². The number of rotatable bonds is 4. The first kappa shape index (κ1) is 12.2. The Morgan fingerprint density at radius 3 is 2.94 bits per heavy atom. The quantitative estimate of drug-likeness (QED) is 0.898. The molecule has 1 unspecified atom stereocenters. The van der Waals surface area contributed by atoms with Gasteiger partial charge in [-0.3, -0.25) is 0 Å². The molecule has 1 aromatic rings. The molecule has 1 heterocycles. The Bertz CT molecular complexity index is 351. The number of hydrogen-bond donors (Lipinski definition) is 1. The molecule has 2 nitrogen and oxygen atoms in total. The molecule has 1 fully saturated rings. The highest BCUT2D eigenvalue weighted by Gasteiger charge is 2.14. The van der Waals surface area contributed by atoms with E-state index in [1.165, 1.54) is 6.42 Å². The molecule has 0 aliphatic carbocycles. The molecule has 4 heteroatoms. The second-order valence-electron chi connectivity index (χ2n) is 4.11. The molecule has 1 aliphatic rings. The monoisotopic (exact) mass is 259 g/mol. The first-order valence-corrected chi connectivity index (χ1v) is 6.23. The van der Waals surface area contributed by atoms with Crippen LogP contribution in [-0.2, 0) is 11.3 Å². The molecule has 0 aromatic heterocycles. The molecule has 0 amide bonds. The van der Waals surface area contributed by atoms with Crippen molar-refractivity contribution in [2.24, 2.45) is 5.92 Å². The van der Waals surface area contributed by atoms with Crippen LogP contribution in [0.5, 0.6) is 0 Å². The molecule has 2 rings (SSSR count). The maximum absolute atomic E-state index is 6.05. The normalized spacial score (nSPS) is 20.2. The second-order valence-corrected chi connectivity index (χ2v) is 4.95. The summed E-state index contributed by atoms with van der Waals surface area (Å²) in [5.41, 5.74) is 0.997. The zero-order chi connectivity index (χ0) is 11.4. The molecular formula is C12H15Cl2NO. The Morgan fingerprint density at radius 1 is 1.38 bits per heavy atom. The number of hydrogen-bond acceptors (Lipinski definition) is 2. The third-order valence-corrected chi connectivity index (χ3v) is 3.38. The van der Waals surface area contributed by atoms with E-state index in [0.29, 0.717) is 22.6 Å². The van der Waals surface area contributed by atoms with Crippen molar-refractivity contribution in [2.45, 2.75) is 13.0 Å². The number of benzene rings is 1. The summed E-state index contributed by atoms with van der Waals surface area (Å²) >= 11 is 11.9. The van der Waals surface area contributed by atoms with Gasteiger partial charge in [0.1, 0.15) is 0 Å². The predicted molar refractivity (Wildman–Crippen MR) is 67.1 cm³/mol. The molecule has 88 valence electrons. The largest absolute Gasteiger partial charge is 0.376 e. The lowest BCUT2D eigenvalue weighted by Gasteiger charge is -2.10. The SMILES string of the molecule is Clc1ccc(COCC2CCNC2)c(Cl)c1. The van der Waals surface area contributed by atoms with E-state index in [4.69, 9.17) is 27.9 Å². The van der Waals surface area contributed by atoms with Crippen molar-refractivity contribution in [3.05, 3.63) is 33.8 Å². The maximum Gasteiger partial charge on any atom is 0.0731 e. The van der Waals surface area contributed by atoms with Gasteiger partial charge in [0.2, 0.25) is 0 Å². The molecule has 1 aliphatic heterocycles. The summed E-state index contributed by atoms with van der Waals surface area (Å²) in [5.74, 6) is 0.645. The van der Waals surface area contributed by atoms with E-state index < -0.39 is 0 Å². The van der Waals surface area contributed by atoms with Crippen molar-refractivity contribution in [3.63, 3.8) is 0 Å². The van der Waals surface area contributed by atoms with Crippen LogP contribution in [0.3, 0.4) is 0 Å². The summed E-state index contributed by atoms with van der Waals surface area (Å²) < 4.78 is 5.66. The van der Waals surface area contributed by atoms with Gasteiger partial charge >= 0.3 is 0 Å². The minimum Gasteiger partial charge on any atom is -0.376 e. The van der Waals surface area contributed by atoms with Gasteiger partial charge in [0.05, 0.1) is 13.2 Å². The molecule has 0 radical (unpaired) electrons. The van der Waals surface area contributed by atoms with Crippen LogP contribution in [-0.4, -0.2) is 19.7 Å². The third kappa shape index (κ3) is 3.36. The lowest BCUT2D eigenvalue weighted by atomic mass is 10.1. The van der Waals surface area contributed by atoms with E-state index in [2.05, 4.69) is 5.32 Å². The molecule has 0 saturated carbocycles. The molecule has 1 saturated heterocycles. The van der Waals surface area contributed by atoms with Crippen LogP contribution in [0.1, 0.15) is 12.0 Å². The van der Waals surface area contributed by atoms with Crippen molar-refractivity contribution >= 4 is 23.2 Å². The lowest BCUT2D eigenvalue weighted by Crippen LogP contribution is -2.13. The van der Waals surface area contributed by atoms with Crippen LogP contribution in [0.15, 0.2) is 18.2 Å². The topological polar surface area (TPSA) is 21.3 Å². The minimum absolute atomic E-state index is 0.562. The summed E-state index contributed by atoms with van der Waals surface area (Å²) in [6, 6.07) is 5.50. The predicted octanol–water partition coefficient (Wildman–Crippen LogP) is 3.12. The first-order chi connectivity index (χ1) is 7.75. The van der Waals surface area contributed by atoms with Crippen LogP contribution >= 0.6 is 23.2 Å². The highest BCUT2D eigenvalue weighted by molar-refractivity contribution is 6.35. The fourth-order valence-corrected chi connectivity index (χ4v) is 2.29. The van der Waals surface area contributed by atoms with Gasteiger partial charge in [0.15, 0.2) is 0 Å². The van der Waals surface area contributed by atoms with E-state index >= 15 is 0 Å². The minimum atomic E-state index is 0.562. The zero-order valence-corrected chi connectivity index (χ0v) is 10.5. The van der Waals surface area contributed by atoms with Gasteiger partial charge in [0.25, 0.3) is 0 Å². The smallest absolute Gasteiger partial charge is 0.0731 e. The Balaban J connectivity index is 1.80. The van der Waals surface area contributed by atoms with Crippen LogP contribution in [0, 0.1) is 5.92 Å². The second kappa shape index (κ2) is 5.87. The summed E-state index contributed by atoms with van der Waals surface area (Å²) in [6.45, 7) is 3.53. The average Bonchev–Trinajstić information content (AvgIpc) is 2.74. The Kier molecular flexibility index (Phi) is 4.47. The van der Waals surface area contributed by atoms with Crippen molar-refractivity contribution < 1.29 is 4.74 Å². The lowest BCUT2D eigenvalue weighted by molar-refractivity contribution is 0.0925. The van der Waals surface area contributed by atoms with Gasteiger partial charge < -0.3 is 10.1 Å². The van der Waals surface area contributed by atoms with E-state index in [0.717, 1.165) is 25.3 Å². The highest BCUT2D eigenvalue weighted by Crippen LogP contribution is 2.22.